The van der Waals surface area contributed by atoms with Crippen molar-refractivity contribution in [1.29, 1.82) is 0 Å². The first-order valence-electron chi connectivity index (χ1n) is 9.49. The predicted molar refractivity (Wildman–Crippen MR) is 117 cm³/mol. The van der Waals surface area contributed by atoms with Gasteiger partial charge in [0.2, 0.25) is 0 Å². The summed E-state index contributed by atoms with van der Waals surface area (Å²) in [5, 5.41) is 1.80. The lowest BCUT2D eigenvalue weighted by Crippen LogP contribution is -2.20. The molecule has 2 N–H and O–H groups in total. The van der Waals surface area contributed by atoms with E-state index in [2.05, 4.69) is 9.97 Å². The summed E-state index contributed by atoms with van der Waals surface area (Å²) in [6.07, 6.45) is 5.32. The highest BCUT2D eigenvalue weighted by molar-refractivity contribution is 5.93. The van der Waals surface area contributed by atoms with Gasteiger partial charge in [0.05, 0.1) is 11.0 Å². The molecular weight excluding hydrogens is 376 g/mol. The highest BCUT2D eigenvalue weighted by atomic mass is 16.5. The quantitative estimate of drug-likeness (QED) is 0.451. The van der Waals surface area contributed by atoms with E-state index in [1.807, 2.05) is 73.8 Å². The van der Waals surface area contributed by atoms with Gasteiger partial charge in [-0.2, -0.15) is 0 Å². The van der Waals surface area contributed by atoms with Gasteiger partial charge in [0.15, 0.2) is 0 Å². The number of hydrogen-bond donors (Lipinski definition) is 1. The van der Waals surface area contributed by atoms with Crippen molar-refractivity contribution in [2.45, 2.75) is 6.92 Å². The molecular formula is C24H18N4O2. The number of nitrogens with zero attached hydrogens (tertiary/aromatic N) is 3. The fraction of sp³-hybridized carbons (Fsp3) is 0.0417. The number of aromatic nitrogens is 3. The number of nitrogens with two attached hydrogens (primary N) is 1. The van der Waals surface area contributed by atoms with Crippen molar-refractivity contribution in [2.24, 2.45) is 5.73 Å². The van der Waals surface area contributed by atoms with Gasteiger partial charge in [-0.3, -0.25) is 14.5 Å². The first-order valence-corrected chi connectivity index (χ1v) is 9.49. The summed E-state index contributed by atoms with van der Waals surface area (Å²) in [7, 11) is 0. The van der Waals surface area contributed by atoms with Crippen LogP contribution < -0.4 is 10.5 Å². The van der Waals surface area contributed by atoms with Crippen molar-refractivity contribution in [1.82, 2.24) is 14.5 Å². The molecule has 146 valence electrons. The number of carbonyl (C=O) groups is 1. The average molecular weight is 394 g/mol. The maximum absolute atomic E-state index is 11.7. The number of ether oxygens (including phenoxy) is 1. The largest absolute Gasteiger partial charge is 0.457 e. The Kier molecular flexibility index (Phi) is 4.17. The molecule has 2 aromatic carbocycles. The summed E-state index contributed by atoms with van der Waals surface area (Å²) in [5.74, 6) is 1.39. The third-order valence-corrected chi connectivity index (χ3v) is 5.10. The standard InChI is InChI=1S/C24H18N4O2/c1-15-11-18-12-19(5-7-22(18)28(15)24(25)29)30-23-8-10-27-21-13-16(4-6-20(21)23)17-3-2-9-26-14-17/h2-14H,1H3,(H2,25,29). The molecule has 0 spiro atoms. The molecule has 3 heterocycles. The van der Waals surface area contributed by atoms with E-state index in [1.165, 1.54) is 4.57 Å². The number of rotatable bonds is 3. The van der Waals surface area contributed by atoms with E-state index in [-0.39, 0.29) is 0 Å². The molecule has 30 heavy (non-hydrogen) atoms. The van der Waals surface area contributed by atoms with Crippen molar-refractivity contribution >= 4 is 27.8 Å². The van der Waals surface area contributed by atoms with Gasteiger partial charge >= 0.3 is 6.03 Å². The Labute approximate surface area is 172 Å². The molecule has 6 heteroatoms. The Balaban J connectivity index is 1.53. The Morgan fingerprint density at radius 1 is 1.00 bits per heavy atom. The molecule has 0 aliphatic carbocycles. The number of carbonyl (C=O) groups excluding carboxylic acids is 1. The lowest BCUT2D eigenvalue weighted by atomic mass is 10.1. The maximum Gasteiger partial charge on any atom is 0.323 e. The van der Waals surface area contributed by atoms with Gasteiger partial charge in [-0.25, -0.2) is 4.79 Å². The van der Waals surface area contributed by atoms with Crippen molar-refractivity contribution in [3.8, 4) is 22.6 Å². The SMILES string of the molecule is Cc1cc2cc(Oc3ccnc4cc(-c5cccnc5)ccc34)ccc2n1C(N)=O. The smallest absolute Gasteiger partial charge is 0.323 e. The second-order valence-electron chi connectivity index (χ2n) is 7.06. The zero-order valence-corrected chi connectivity index (χ0v) is 16.2. The summed E-state index contributed by atoms with van der Waals surface area (Å²) in [6.45, 7) is 1.85. The third kappa shape index (κ3) is 3.04. The fourth-order valence-electron chi connectivity index (χ4n) is 3.74. The van der Waals surface area contributed by atoms with Gasteiger partial charge < -0.3 is 10.5 Å². The lowest BCUT2D eigenvalue weighted by Gasteiger charge is -2.10. The summed E-state index contributed by atoms with van der Waals surface area (Å²) in [4.78, 5) is 20.4. The van der Waals surface area contributed by atoms with Crippen LogP contribution in [-0.4, -0.2) is 20.6 Å². The van der Waals surface area contributed by atoms with Crippen LogP contribution in [0.5, 0.6) is 11.5 Å². The number of amides is 1. The minimum absolute atomic E-state index is 0.499. The number of pyridine rings is 2. The zero-order chi connectivity index (χ0) is 20.7. The van der Waals surface area contributed by atoms with Gasteiger partial charge in [0.25, 0.3) is 0 Å². The lowest BCUT2D eigenvalue weighted by molar-refractivity contribution is 0.251. The molecule has 0 saturated carbocycles. The molecule has 1 amide bonds. The molecule has 5 rings (SSSR count). The van der Waals surface area contributed by atoms with Crippen LogP contribution in [0.1, 0.15) is 5.69 Å². The first kappa shape index (κ1) is 17.9. The molecule has 5 aromatic rings. The van der Waals surface area contributed by atoms with E-state index < -0.39 is 6.03 Å². The van der Waals surface area contributed by atoms with E-state index in [4.69, 9.17) is 10.5 Å². The van der Waals surface area contributed by atoms with Crippen molar-refractivity contribution in [3.63, 3.8) is 0 Å². The Morgan fingerprint density at radius 3 is 2.70 bits per heavy atom. The fourth-order valence-corrected chi connectivity index (χ4v) is 3.74. The summed E-state index contributed by atoms with van der Waals surface area (Å²) < 4.78 is 7.66. The number of primary amides is 1. The highest BCUT2D eigenvalue weighted by Gasteiger charge is 2.12. The Morgan fingerprint density at radius 2 is 1.90 bits per heavy atom. The topological polar surface area (TPSA) is 83.0 Å². The number of fused-ring (bicyclic) bond motifs is 2. The molecule has 0 aliphatic rings. The second-order valence-corrected chi connectivity index (χ2v) is 7.06. The van der Waals surface area contributed by atoms with E-state index in [0.29, 0.717) is 11.5 Å². The van der Waals surface area contributed by atoms with Crippen LogP contribution in [0.3, 0.4) is 0 Å². The number of benzene rings is 2. The molecule has 6 nitrogen and oxygen atoms in total. The summed E-state index contributed by atoms with van der Waals surface area (Å²) in [6, 6.07) is 18.8. The predicted octanol–water partition coefficient (Wildman–Crippen LogP) is 5.28. The normalized spacial score (nSPS) is 11.1. The Bertz CT molecular complexity index is 1410. The summed E-state index contributed by atoms with van der Waals surface area (Å²) in [5.41, 5.74) is 9.95. The molecule has 3 aromatic heterocycles. The molecule has 0 saturated heterocycles. The van der Waals surface area contributed by atoms with Crippen LogP contribution in [0.4, 0.5) is 4.79 Å². The molecule has 0 atom stereocenters. The molecule has 0 aliphatic heterocycles. The monoisotopic (exact) mass is 394 g/mol. The van der Waals surface area contributed by atoms with Crippen LogP contribution >= 0.6 is 0 Å². The Hall–Kier alpha value is -4.19. The molecule has 0 bridgehead atoms. The van der Waals surface area contributed by atoms with Crippen molar-refractivity contribution < 1.29 is 9.53 Å². The van der Waals surface area contributed by atoms with E-state index >= 15 is 0 Å². The van der Waals surface area contributed by atoms with Gasteiger partial charge in [-0.05, 0) is 61.0 Å². The maximum atomic E-state index is 11.7. The van der Waals surface area contributed by atoms with E-state index in [0.717, 1.165) is 38.6 Å². The highest BCUT2D eigenvalue weighted by Crippen LogP contribution is 2.33. The van der Waals surface area contributed by atoms with Gasteiger partial charge in [-0.1, -0.05) is 12.1 Å². The molecule has 0 unspecified atom stereocenters. The van der Waals surface area contributed by atoms with Gasteiger partial charge in [0, 0.05) is 40.6 Å². The second kappa shape index (κ2) is 7.00. The van der Waals surface area contributed by atoms with E-state index in [9.17, 15) is 4.79 Å². The summed E-state index contributed by atoms with van der Waals surface area (Å²) >= 11 is 0. The molecule has 0 radical (unpaired) electrons. The molecule has 0 fully saturated rings. The minimum Gasteiger partial charge on any atom is -0.457 e. The van der Waals surface area contributed by atoms with Gasteiger partial charge in [0.1, 0.15) is 11.5 Å². The number of aryl methyl sites for hydroxylation is 1. The van der Waals surface area contributed by atoms with Crippen molar-refractivity contribution in [3.05, 3.63) is 84.9 Å². The van der Waals surface area contributed by atoms with Crippen LogP contribution in [0.25, 0.3) is 32.9 Å². The average Bonchev–Trinajstić information content (AvgIpc) is 3.09. The van der Waals surface area contributed by atoms with Crippen LogP contribution in [-0.2, 0) is 0 Å². The van der Waals surface area contributed by atoms with Crippen molar-refractivity contribution in [2.75, 3.05) is 0 Å². The van der Waals surface area contributed by atoms with Crippen LogP contribution in [0.2, 0.25) is 0 Å². The number of hydrogen-bond acceptors (Lipinski definition) is 4. The zero-order valence-electron chi connectivity index (χ0n) is 16.2. The van der Waals surface area contributed by atoms with Crippen LogP contribution in [0.15, 0.2) is 79.3 Å². The minimum atomic E-state index is -0.499. The third-order valence-electron chi connectivity index (χ3n) is 5.10. The first-order chi connectivity index (χ1) is 14.6. The van der Waals surface area contributed by atoms with Gasteiger partial charge in [-0.15, -0.1) is 0 Å². The van der Waals surface area contributed by atoms with Crippen LogP contribution in [0, 0.1) is 6.92 Å². The van der Waals surface area contributed by atoms with E-state index in [1.54, 1.807) is 12.4 Å².